The van der Waals surface area contributed by atoms with Crippen LogP contribution < -0.4 is 11.5 Å². The number of carboxylic acids is 1. The second kappa shape index (κ2) is 4.92. The molecule has 9 heteroatoms. The maximum absolute atomic E-state index is 12.5. The molecule has 116 valence electrons. The zero-order valence-electron chi connectivity index (χ0n) is 11.6. The Hall–Kier alpha value is -0.740. The molecule has 5 N–H and O–H groups in total. The van der Waals surface area contributed by atoms with Crippen LogP contribution in [0, 0.1) is 0 Å². The molecule has 0 spiro atoms. The standard InChI is InChI=1S/C11H22N4O4S/c1-2-14(7-10(12)3-4-10)20(18,19)15-6-5-11(13,8-15)9(16)17/h2-8,12-13H2,1H3,(H,16,17)/t11-/m1/s1. The molecule has 0 amide bonds. The summed E-state index contributed by atoms with van der Waals surface area (Å²) in [5.74, 6) is -1.17. The van der Waals surface area contributed by atoms with Crippen LogP contribution in [-0.4, -0.2) is 65.4 Å². The number of carbonyl (C=O) groups is 1. The molecule has 0 aromatic carbocycles. The Balaban J connectivity index is 2.12. The predicted octanol–water partition coefficient (Wildman–Crippen LogP) is -1.47. The number of carboxylic acid groups (broad SMARTS) is 1. The van der Waals surface area contributed by atoms with Crippen molar-refractivity contribution in [3.63, 3.8) is 0 Å². The molecule has 1 atom stereocenters. The number of nitrogens with two attached hydrogens (primary N) is 2. The second-order valence-corrected chi connectivity index (χ2v) is 7.77. The van der Waals surface area contributed by atoms with Gasteiger partial charge < -0.3 is 16.6 Å². The Morgan fingerprint density at radius 3 is 2.35 bits per heavy atom. The molecule has 1 aliphatic heterocycles. The van der Waals surface area contributed by atoms with E-state index in [1.165, 1.54) is 4.31 Å². The first kappa shape index (κ1) is 15.6. The van der Waals surface area contributed by atoms with Gasteiger partial charge in [-0.25, -0.2) is 0 Å². The van der Waals surface area contributed by atoms with Crippen LogP contribution in [0.25, 0.3) is 0 Å². The predicted molar refractivity (Wildman–Crippen MR) is 73.1 cm³/mol. The van der Waals surface area contributed by atoms with Gasteiger partial charge in [0.15, 0.2) is 0 Å². The minimum absolute atomic E-state index is 0.118. The van der Waals surface area contributed by atoms with Crippen molar-refractivity contribution in [3.05, 3.63) is 0 Å². The van der Waals surface area contributed by atoms with E-state index in [0.29, 0.717) is 6.54 Å². The molecule has 2 fully saturated rings. The molecule has 0 unspecified atom stereocenters. The summed E-state index contributed by atoms with van der Waals surface area (Å²) in [6.07, 6.45) is 1.75. The van der Waals surface area contributed by atoms with Crippen LogP contribution >= 0.6 is 0 Å². The van der Waals surface area contributed by atoms with Gasteiger partial charge in [-0.05, 0) is 19.3 Å². The molecule has 0 aromatic heterocycles. The van der Waals surface area contributed by atoms with Gasteiger partial charge in [-0.1, -0.05) is 6.92 Å². The van der Waals surface area contributed by atoms with Crippen molar-refractivity contribution in [1.82, 2.24) is 8.61 Å². The van der Waals surface area contributed by atoms with E-state index in [0.717, 1.165) is 17.1 Å². The Morgan fingerprint density at radius 2 is 1.95 bits per heavy atom. The number of likely N-dealkylation sites (N-methyl/N-ethyl adjacent to an activating group) is 1. The second-order valence-electron chi connectivity index (χ2n) is 5.84. The summed E-state index contributed by atoms with van der Waals surface area (Å²) in [6.45, 7) is 2.25. The van der Waals surface area contributed by atoms with Gasteiger partial charge >= 0.3 is 5.97 Å². The van der Waals surface area contributed by atoms with Crippen molar-refractivity contribution >= 4 is 16.2 Å². The van der Waals surface area contributed by atoms with Gasteiger partial charge in [0.25, 0.3) is 10.2 Å². The zero-order valence-corrected chi connectivity index (χ0v) is 12.4. The van der Waals surface area contributed by atoms with E-state index in [4.69, 9.17) is 16.6 Å². The fourth-order valence-corrected chi connectivity index (χ4v) is 4.15. The number of hydrogen-bond donors (Lipinski definition) is 3. The number of aliphatic carboxylic acids is 1. The first-order valence-electron chi connectivity index (χ1n) is 6.69. The van der Waals surface area contributed by atoms with Gasteiger partial charge in [-0.2, -0.15) is 17.0 Å². The lowest BCUT2D eigenvalue weighted by Crippen LogP contribution is -2.53. The number of nitrogens with zero attached hydrogens (tertiary/aromatic N) is 2. The lowest BCUT2D eigenvalue weighted by molar-refractivity contribution is -0.142. The highest BCUT2D eigenvalue weighted by atomic mass is 32.2. The molecule has 0 bridgehead atoms. The van der Waals surface area contributed by atoms with E-state index in [2.05, 4.69) is 0 Å². The molecule has 8 nitrogen and oxygen atoms in total. The van der Waals surface area contributed by atoms with Crippen molar-refractivity contribution in [3.8, 4) is 0 Å². The third kappa shape index (κ3) is 2.82. The van der Waals surface area contributed by atoms with Gasteiger partial charge in [-0.3, -0.25) is 4.79 Å². The molecule has 20 heavy (non-hydrogen) atoms. The van der Waals surface area contributed by atoms with Gasteiger partial charge in [0, 0.05) is 31.7 Å². The molecule has 2 rings (SSSR count). The largest absolute Gasteiger partial charge is 0.480 e. The summed E-state index contributed by atoms with van der Waals surface area (Å²) in [7, 11) is -3.71. The van der Waals surface area contributed by atoms with Crippen molar-refractivity contribution in [1.29, 1.82) is 0 Å². The van der Waals surface area contributed by atoms with E-state index in [1.807, 2.05) is 0 Å². The lowest BCUT2D eigenvalue weighted by Gasteiger charge is -2.29. The third-order valence-electron chi connectivity index (χ3n) is 4.08. The minimum atomic E-state index is -3.71. The summed E-state index contributed by atoms with van der Waals surface area (Å²) < 4.78 is 27.5. The summed E-state index contributed by atoms with van der Waals surface area (Å²) in [6, 6.07) is 0. The average Bonchev–Trinajstić information content (AvgIpc) is 2.93. The number of hydrogen-bond acceptors (Lipinski definition) is 5. The Kier molecular flexibility index (Phi) is 3.85. The van der Waals surface area contributed by atoms with Crippen molar-refractivity contribution in [2.24, 2.45) is 11.5 Å². The topological polar surface area (TPSA) is 130 Å². The van der Waals surface area contributed by atoms with Crippen molar-refractivity contribution in [2.75, 3.05) is 26.2 Å². The monoisotopic (exact) mass is 306 g/mol. The smallest absolute Gasteiger partial charge is 0.325 e. The van der Waals surface area contributed by atoms with Crippen LogP contribution in [0.4, 0.5) is 0 Å². The van der Waals surface area contributed by atoms with E-state index in [1.54, 1.807) is 6.92 Å². The van der Waals surface area contributed by atoms with E-state index >= 15 is 0 Å². The quantitative estimate of drug-likeness (QED) is 0.549. The maximum Gasteiger partial charge on any atom is 0.325 e. The first-order valence-corrected chi connectivity index (χ1v) is 8.09. The van der Waals surface area contributed by atoms with Gasteiger partial charge in [0.1, 0.15) is 5.54 Å². The summed E-state index contributed by atoms with van der Waals surface area (Å²) in [5.41, 5.74) is 9.78. The molecule has 2 aliphatic rings. The van der Waals surface area contributed by atoms with Crippen molar-refractivity contribution < 1.29 is 18.3 Å². The van der Waals surface area contributed by atoms with Gasteiger partial charge in [-0.15, -0.1) is 0 Å². The van der Waals surface area contributed by atoms with E-state index in [9.17, 15) is 13.2 Å². The molecule has 0 aromatic rings. The molecule has 1 aliphatic carbocycles. The van der Waals surface area contributed by atoms with Crippen LogP contribution in [0.3, 0.4) is 0 Å². The maximum atomic E-state index is 12.5. The average molecular weight is 306 g/mol. The van der Waals surface area contributed by atoms with Crippen LogP contribution in [0.1, 0.15) is 26.2 Å². The van der Waals surface area contributed by atoms with Crippen LogP contribution in [0.5, 0.6) is 0 Å². The Bertz CT molecular complexity index is 505. The first-order chi connectivity index (χ1) is 9.13. The van der Waals surface area contributed by atoms with E-state index in [-0.39, 0.29) is 26.1 Å². The fraction of sp³-hybridized carbons (Fsp3) is 0.909. The highest BCUT2D eigenvalue weighted by Crippen LogP contribution is 2.34. The fourth-order valence-electron chi connectivity index (χ4n) is 2.36. The highest BCUT2D eigenvalue weighted by Gasteiger charge is 2.48. The van der Waals surface area contributed by atoms with Crippen LogP contribution in [-0.2, 0) is 15.0 Å². The molecule has 1 heterocycles. The molecular formula is C11H22N4O4S. The molecular weight excluding hydrogens is 284 g/mol. The third-order valence-corrected chi connectivity index (χ3v) is 6.08. The minimum Gasteiger partial charge on any atom is -0.480 e. The molecule has 0 radical (unpaired) electrons. The molecule has 1 saturated carbocycles. The Labute approximate surface area is 118 Å². The van der Waals surface area contributed by atoms with Gasteiger partial charge in [0.05, 0.1) is 0 Å². The van der Waals surface area contributed by atoms with E-state index < -0.39 is 27.3 Å². The molecule has 1 saturated heterocycles. The van der Waals surface area contributed by atoms with Gasteiger partial charge in [0.2, 0.25) is 0 Å². The summed E-state index contributed by atoms with van der Waals surface area (Å²) >= 11 is 0. The summed E-state index contributed by atoms with van der Waals surface area (Å²) in [4.78, 5) is 11.1. The Morgan fingerprint density at radius 1 is 1.35 bits per heavy atom. The van der Waals surface area contributed by atoms with Crippen LogP contribution in [0.15, 0.2) is 0 Å². The van der Waals surface area contributed by atoms with Crippen LogP contribution in [0.2, 0.25) is 0 Å². The van der Waals surface area contributed by atoms with Crippen molar-refractivity contribution in [2.45, 2.75) is 37.3 Å². The summed E-state index contributed by atoms with van der Waals surface area (Å²) in [5, 5.41) is 9.07. The zero-order chi connectivity index (χ0) is 15.2. The number of rotatable bonds is 6. The normalized spacial score (nSPS) is 29.8. The SMILES string of the molecule is CCN(CC1(N)CC1)S(=O)(=O)N1CC[C@](N)(C(=O)O)C1. The lowest BCUT2D eigenvalue weighted by atomic mass is 10.0. The highest BCUT2D eigenvalue weighted by molar-refractivity contribution is 7.86.